The molecule has 6 rings (SSSR count). The number of hydrogen-bond acceptors (Lipinski definition) is 0. The second-order valence-electron chi connectivity index (χ2n) is 13.5. The summed E-state index contributed by atoms with van der Waals surface area (Å²) in [5, 5.41) is 2.80. The van der Waals surface area contributed by atoms with E-state index in [4.69, 9.17) is 0 Å². The molecule has 0 saturated carbocycles. The molecule has 0 amide bonds. The Labute approximate surface area is 269 Å². The summed E-state index contributed by atoms with van der Waals surface area (Å²) in [6.07, 6.45) is 0. The normalized spacial score (nSPS) is 12.2. The summed E-state index contributed by atoms with van der Waals surface area (Å²) in [5.74, 6) is 0. The highest BCUT2D eigenvalue weighted by atomic mass is 31.0. The van der Waals surface area contributed by atoms with Crippen LogP contribution in [0.1, 0.15) is 0 Å². The topological polar surface area (TPSA) is 0 Å². The molecular formula is C40H40P2Si2. The lowest BCUT2D eigenvalue weighted by Crippen LogP contribution is -2.41. The zero-order valence-electron chi connectivity index (χ0n) is 26.6. The summed E-state index contributed by atoms with van der Waals surface area (Å²) >= 11 is 0. The van der Waals surface area contributed by atoms with Gasteiger partial charge in [0.2, 0.25) is 0 Å². The zero-order chi connectivity index (χ0) is 30.9. The fourth-order valence-electron chi connectivity index (χ4n) is 5.89. The molecule has 0 bridgehead atoms. The zero-order valence-corrected chi connectivity index (χ0v) is 30.4. The Kier molecular flexibility index (Phi) is 8.73. The molecule has 0 aliphatic rings. The van der Waals surface area contributed by atoms with Gasteiger partial charge >= 0.3 is 0 Å². The summed E-state index contributed by atoms with van der Waals surface area (Å²) in [7, 11) is -0.921. The van der Waals surface area contributed by atoms with Crippen LogP contribution >= 0.6 is 16.4 Å². The van der Waals surface area contributed by atoms with Gasteiger partial charge in [-0.25, -0.2) is 0 Å². The molecule has 0 spiro atoms. The number of hydrogen-bond donors (Lipinski definition) is 0. The van der Waals surface area contributed by atoms with Crippen molar-refractivity contribution in [1.29, 1.82) is 0 Å². The second-order valence-corrected chi connectivity index (χ2v) is 26.7. The Morgan fingerprint density at radius 3 is 0.909 bits per heavy atom. The Hall–Kier alpha value is -3.39. The van der Waals surface area contributed by atoms with E-state index in [0.717, 1.165) is 0 Å². The average Bonchev–Trinajstić information content (AvgIpc) is 3.04. The van der Waals surface area contributed by atoms with Gasteiger partial charge in [-0.05, 0) is 66.5 Å². The van der Waals surface area contributed by atoms with Crippen LogP contribution in [0.3, 0.4) is 0 Å². The Morgan fingerprint density at radius 1 is 0.364 bits per heavy atom. The van der Waals surface area contributed by atoms with Crippen molar-refractivity contribution in [2.75, 3.05) is 0 Å². The van der Waals surface area contributed by atoms with E-state index in [9.17, 15) is 0 Å². The molecule has 218 valence electrons. The average molecular weight is 639 g/mol. The Balaban J connectivity index is 1.81. The summed E-state index contributed by atoms with van der Waals surface area (Å²) in [6, 6.07) is 49.3. The van der Waals surface area contributed by atoms with Crippen molar-refractivity contribution in [1.82, 2.24) is 0 Å². The fraction of sp³-hybridized carbons (Fsp3) is 0.150. The third-order valence-electron chi connectivity index (χ3n) is 8.02. The third-order valence-corrected chi connectivity index (χ3v) is 18.2. The van der Waals surface area contributed by atoms with Crippen molar-refractivity contribution >= 4 is 42.4 Å². The molecule has 2 aromatic heterocycles. The minimum absolute atomic E-state index is 1.30. The van der Waals surface area contributed by atoms with E-state index in [-0.39, 0.29) is 0 Å². The van der Waals surface area contributed by atoms with Crippen molar-refractivity contribution in [2.45, 2.75) is 39.3 Å². The van der Waals surface area contributed by atoms with Gasteiger partial charge in [-0.2, -0.15) is 0 Å². The van der Waals surface area contributed by atoms with Crippen LogP contribution in [0.15, 0.2) is 133 Å². The Morgan fingerprint density at radius 2 is 0.636 bits per heavy atom. The van der Waals surface area contributed by atoms with Crippen LogP contribution in [-0.2, 0) is 0 Å². The van der Waals surface area contributed by atoms with Crippen molar-refractivity contribution < 1.29 is 0 Å². The van der Waals surface area contributed by atoms with Crippen LogP contribution in [0.25, 0.3) is 55.1 Å². The molecule has 2 heterocycles. The quantitative estimate of drug-likeness (QED) is 0.153. The maximum atomic E-state index is 2.54. The first-order chi connectivity index (χ1) is 21.1. The number of benzene rings is 4. The summed E-state index contributed by atoms with van der Waals surface area (Å²) in [5.41, 5.74) is 10.9. The van der Waals surface area contributed by atoms with Gasteiger partial charge in [0.05, 0.1) is 16.1 Å². The molecule has 4 aromatic carbocycles. The van der Waals surface area contributed by atoms with Crippen molar-refractivity contribution in [3.63, 3.8) is 0 Å². The first-order valence-corrected chi connectivity index (χ1v) is 24.2. The minimum Gasteiger partial charge on any atom is -0.0681 e. The van der Waals surface area contributed by atoms with Gasteiger partial charge in [0.25, 0.3) is 0 Å². The second kappa shape index (κ2) is 12.5. The molecule has 0 unspecified atom stereocenters. The van der Waals surface area contributed by atoms with Gasteiger partial charge in [0, 0.05) is 10.6 Å². The highest BCUT2D eigenvalue weighted by Crippen LogP contribution is 2.46. The van der Waals surface area contributed by atoms with Crippen LogP contribution in [0.5, 0.6) is 0 Å². The van der Waals surface area contributed by atoms with Crippen LogP contribution < -0.4 is 9.84 Å². The fourth-order valence-corrected chi connectivity index (χ4v) is 13.4. The molecule has 0 aliphatic heterocycles. The predicted octanol–water partition coefficient (Wildman–Crippen LogP) is 12.3. The molecule has 44 heavy (non-hydrogen) atoms. The van der Waals surface area contributed by atoms with Crippen LogP contribution in [0, 0.1) is 0 Å². The van der Waals surface area contributed by atoms with E-state index in [0.29, 0.717) is 0 Å². The molecule has 0 N–H and O–H groups in total. The first kappa shape index (κ1) is 30.6. The number of rotatable bonds is 7. The lowest BCUT2D eigenvalue weighted by Gasteiger charge is -2.31. The van der Waals surface area contributed by atoms with Crippen LogP contribution in [0.2, 0.25) is 39.3 Å². The predicted molar refractivity (Wildman–Crippen MR) is 205 cm³/mol. The van der Waals surface area contributed by atoms with Crippen LogP contribution in [0.4, 0.5) is 0 Å². The molecular weight excluding hydrogens is 599 g/mol. The molecule has 0 fully saturated rings. The van der Waals surface area contributed by atoms with Gasteiger partial charge in [-0.3, -0.25) is 0 Å². The summed E-state index contributed by atoms with van der Waals surface area (Å²) in [6.45, 7) is 15.2. The highest BCUT2D eigenvalue weighted by molar-refractivity contribution is 7.45. The first-order valence-electron chi connectivity index (χ1n) is 15.4. The van der Waals surface area contributed by atoms with Gasteiger partial charge < -0.3 is 0 Å². The molecule has 0 aliphatic carbocycles. The summed E-state index contributed by atoms with van der Waals surface area (Å²) in [4.78, 5) is 3.26. The Bertz CT molecular complexity index is 1750. The lowest BCUT2D eigenvalue weighted by molar-refractivity contribution is 1.60. The van der Waals surface area contributed by atoms with E-state index in [1.54, 1.807) is 9.84 Å². The maximum Gasteiger partial charge on any atom is 0.0843 e. The minimum atomic E-state index is -1.80. The third kappa shape index (κ3) is 6.37. The molecule has 0 nitrogen and oxygen atoms in total. The van der Waals surface area contributed by atoms with E-state index < -0.39 is 16.1 Å². The SMILES string of the molecule is C[Si](C)(C)c1pc(-c2ccccc2)cc(-c2ccccc2)c1-c1c(-c2ccccc2)cc(-c2ccccc2)pc1[Si](C)(C)C. The van der Waals surface area contributed by atoms with Gasteiger partial charge in [0.15, 0.2) is 0 Å². The van der Waals surface area contributed by atoms with E-state index >= 15 is 0 Å². The molecule has 4 heteroatoms. The summed E-state index contributed by atoms with van der Waals surface area (Å²) < 4.78 is 0. The van der Waals surface area contributed by atoms with Crippen molar-refractivity contribution in [3.8, 4) is 55.1 Å². The molecule has 6 aromatic rings. The lowest BCUT2D eigenvalue weighted by atomic mass is 9.92. The van der Waals surface area contributed by atoms with Gasteiger partial charge in [0.1, 0.15) is 0 Å². The van der Waals surface area contributed by atoms with Crippen LogP contribution in [-0.4, -0.2) is 16.1 Å². The van der Waals surface area contributed by atoms with E-state index in [1.807, 2.05) is 0 Å². The van der Waals surface area contributed by atoms with Gasteiger partial charge in [-0.1, -0.05) is 177 Å². The van der Waals surface area contributed by atoms with E-state index in [1.165, 1.54) is 71.5 Å². The largest absolute Gasteiger partial charge is 0.0843 e. The molecule has 0 radical (unpaired) electrons. The smallest absolute Gasteiger partial charge is 0.0681 e. The van der Waals surface area contributed by atoms with Crippen molar-refractivity contribution in [2.24, 2.45) is 0 Å². The van der Waals surface area contributed by atoms with E-state index in [2.05, 4.69) is 173 Å². The standard InChI is InChI=1S/C40H40P2Si2/c1-43(2,3)39-37(33(29-19-11-7-12-20-29)27-35(41-39)31-23-15-9-16-24-31)38-34(30-21-13-8-14-22-30)28-36(32-25-17-10-18-26-32)42-40(38)44(4,5)6/h7-28H,1-6H3. The molecule has 0 atom stereocenters. The molecule has 0 saturated heterocycles. The van der Waals surface area contributed by atoms with Gasteiger partial charge in [-0.15, -0.1) is 0 Å². The van der Waals surface area contributed by atoms with Crippen molar-refractivity contribution in [3.05, 3.63) is 133 Å². The monoisotopic (exact) mass is 638 g/mol. The maximum absolute atomic E-state index is 2.54. The highest BCUT2D eigenvalue weighted by Gasteiger charge is 2.32.